The van der Waals surface area contributed by atoms with Gasteiger partial charge in [0.1, 0.15) is 13.2 Å². The lowest BCUT2D eigenvalue weighted by atomic mass is 10.2. The van der Waals surface area contributed by atoms with Crippen LogP contribution in [-0.2, 0) is 0 Å². The summed E-state index contributed by atoms with van der Waals surface area (Å²) < 4.78 is 24.7. The van der Waals surface area contributed by atoms with Gasteiger partial charge in [-0.3, -0.25) is 4.79 Å². The number of hydrogen-bond acceptors (Lipinski definition) is 7. The van der Waals surface area contributed by atoms with Gasteiger partial charge in [0.2, 0.25) is 0 Å². The number of para-hydroxylation sites is 4. The van der Waals surface area contributed by atoms with E-state index in [0.717, 1.165) is 16.6 Å². The SMILES string of the molecule is COc1ccccc1OCCOc1ccc(/C=c2\sc3nc4ccccc4n3c2=O)cc1OC. The van der Waals surface area contributed by atoms with Crippen molar-refractivity contribution in [2.24, 2.45) is 0 Å². The zero-order valence-corrected chi connectivity index (χ0v) is 19.5. The lowest BCUT2D eigenvalue weighted by molar-refractivity contribution is 0.206. The van der Waals surface area contributed by atoms with Crippen molar-refractivity contribution in [3.8, 4) is 23.0 Å². The number of benzene rings is 3. The van der Waals surface area contributed by atoms with Crippen molar-refractivity contribution < 1.29 is 18.9 Å². The highest BCUT2D eigenvalue weighted by Gasteiger charge is 2.11. The summed E-state index contributed by atoms with van der Waals surface area (Å²) in [5.41, 5.74) is 2.38. The zero-order valence-electron chi connectivity index (χ0n) is 18.7. The second-order valence-corrected chi connectivity index (χ2v) is 8.40. The first-order chi connectivity index (χ1) is 16.7. The largest absolute Gasteiger partial charge is 0.493 e. The van der Waals surface area contributed by atoms with E-state index in [-0.39, 0.29) is 5.56 Å². The van der Waals surface area contributed by atoms with Gasteiger partial charge in [-0.1, -0.05) is 41.7 Å². The Labute approximate surface area is 199 Å². The van der Waals surface area contributed by atoms with Crippen LogP contribution >= 0.6 is 11.3 Å². The summed E-state index contributed by atoms with van der Waals surface area (Å²) in [5.74, 6) is 2.50. The van der Waals surface area contributed by atoms with Crippen molar-refractivity contribution >= 4 is 33.4 Å². The van der Waals surface area contributed by atoms with Crippen molar-refractivity contribution in [3.05, 3.63) is 87.2 Å². The number of nitrogens with zero attached hydrogens (tertiary/aromatic N) is 2. The number of hydrogen-bond donors (Lipinski definition) is 0. The quantitative estimate of drug-likeness (QED) is 0.318. The Morgan fingerprint density at radius 3 is 2.29 bits per heavy atom. The molecule has 0 radical (unpaired) electrons. The molecule has 172 valence electrons. The molecule has 8 heteroatoms. The Balaban J connectivity index is 1.33. The highest BCUT2D eigenvalue weighted by atomic mass is 32.1. The van der Waals surface area contributed by atoms with E-state index in [9.17, 15) is 4.79 Å². The highest BCUT2D eigenvalue weighted by molar-refractivity contribution is 7.15. The number of imidazole rings is 1. The molecule has 2 heterocycles. The van der Waals surface area contributed by atoms with Crippen molar-refractivity contribution in [1.82, 2.24) is 9.38 Å². The summed E-state index contributed by atoms with van der Waals surface area (Å²) in [6.45, 7) is 0.678. The predicted octanol–water partition coefficient (Wildman–Crippen LogP) is 3.93. The van der Waals surface area contributed by atoms with Crippen molar-refractivity contribution in [3.63, 3.8) is 0 Å². The van der Waals surface area contributed by atoms with Crippen LogP contribution in [0.2, 0.25) is 0 Å². The molecule has 0 unspecified atom stereocenters. The van der Waals surface area contributed by atoms with E-state index >= 15 is 0 Å². The van der Waals surface area contributed by atoms with E-state index in [0.29, 0.717) is 45.7 Å². The van der Waals surface area contributed by atoms with Gasteiger partial charge in [0.05, 0.1) is 29.8 Å². The van der Waals surface area contributed by atoms with E-state index in [1.165, 1.54) is 11.3 Å². The molecular formula is C26H22N2O5S. The molecule has 0 bridgehead atoms. The molecule has 0 aliphatic heterocycles. The van der Waals surface area contributed by atoms with Crippen LogP contribution in [0.5, 0.6) is 23.0 Å². The van der Waals surface area contributed by atoms with Crippen LogP contribution in [0.15, 0.2) is 71.5 Å². The first kappa shape index (κ1) is 21.8. The molecule has 34 heavy (non-hydrogen) atoms. The molecule has 0 aliphatic rings. The third kappa shape index (κ3) is 4.15. The topological polar surface area (TPSA) is 71.3 Å². The minimum atomic E-state index is -0.0820. The molecule has 0 saturated carbocycles. The maximum atomic E-state index is 13.0. The second kappa shape index (κ2) is 9.44. The smallest absolute Gasteiger partial charge is 0.274 e. The van der Waals surface area contributed by atoms with Gasteiger partial charge in [-0.05, 0) is 48.0 Å². The van der Waals surface area contributed by atoms with Gasteiger partial charge in [-0.2, -0.15) is 0 Å². The molecule has 0 N–H and O–H groups in total. The number of thiazole rings is 1. The number of methoxy groups -OCH3 is 2. The predicted molar refractivity (Wildman–Crippen MR) is 133 cm³/mol. The zero-order chi connectivity index (χ0) is 23.5. The minimum absolute atomic E-state index is 0.0820. The van der Waals surface area contributed by atoms with E-state index in [4.69, 9.17) is 18.9 Å². The van der Waals surface area contributed by atoms with E-state index in [2.05, 4.69) is 4.98 Å². The summed E-state index contributed by atoms with van der Waals surface area (Å²) in [7, 11) is 3.19. The summed E-state index contributed by atoms with van der Waals surface area (Å²) >= 11 is 1.36. The maximum absolute atomic E-state index is 13.0. The van der Waals surface area contributed by atoms with E-state index in [1.807, 2.05) is 72.8 Å². The van der Waals surface area contributed by atoms with Crippen LogP contribution in [0.3, 0.4) is 0 Å². The molecule has 3 aromatic carbocycles. The third-order valence-corrected chi connectivity index (χ3v) is 6.27. The van der Waals surface area contributed by atoms with Gasteiger partial charge >= 0.3 is 0 Å². The van der Waals surface area contributed by atoms with Crippen LogP contribution in [0, 0.1) is 0 Å². The molecule has 0 spiro atoms. The Kier molecular flexibility index (Phi) is 6.05. The third-order valence-electron chi connectivity index (χ3n) is 5.30. The van der Waals surface area contributed by atoms with Crippen LogP contribution in [0.25, 0.3) is 22.1 Å². The molecule has 5 aromatic rings. The molecule has 0 amide bonds. The lowest BCUT2D eigenvalue weighted by Crippen LogP contribution is -2.22. The van der Waals surface area contributed by atoms with Gasteiger partial charge in [0, 0.05) is 0 Å². The number of fused-ring (bicyclic) bond motifs is 3. The summed E-state index contributed by atoms with van der Waals surface area (Å²) in [6, 6.07) is 20.6. The van der Waals surface area contributed by atoms with E-state index in [1.54, 1.807) is 18.6 Å². The molecule has 7 nitrogen and oxygen atoms in total. The molecule has 0 atom stereocenters. The van der Waals surface area contributed by atoms with Gasteiger partial charge < -0.3 is 18.9 Å². The minimum Gasteiger partial charge on any atom is -0.493 e. The highest BCUT2D eigenvalue weighted by Crippen LogP contribution is 2.29. The number of ether oxygens (including phenoxy) is 4. The molecule has 0 saturated heterocycles. The summed E-state index contributed by atoms with van der Waals surface area (Å²) in [6.07, 6.45) is 1.84. The normalized spacial score (nSPS) is 11.8. The average Bonchev–Trinajstić information content (AvgIpc) is 3.38. The van der Waals surface area contributed by atoms with Gasteiger partial charge in [-0.15, -0.1) is 0 Å². The van der Waals surface area contributed by atoms with Gasteiger partial charge in [0.15, 0.2) is 28.0 Å². The molecule has 0 aliphatic carbocycles. The van der Waals surface area contributed by atoms with Crippen LogP contribution in [0.4, 0.5) is 0 Å². The summed E-state index contributed by atoms with van der Waals surface area (Å²) in [5, 5.41) is 0. The number of aromatic nitrogens is 2. The fourth-order valence-electron chi connectivity index (χ4n) is 3.70. The van der Waals surface area contributed by atoms with Crippen molar-refractivity contribution in [2.45, 2.75) is 0 Å². The van der Waals surface area contributed by atoms with Crippen molar-refractivity contribution in [2.75, 3.05) is 27.4 Å². The Morgan fingerprint density at radius 2 is 1.53 bits per heavy atom. The standard InChI is InChI=1S/C26H22N2O5S/c1-30-20-9-5-6-10-21(20)32-13-14-33-22-12-11-17(15-23(22)31-2)16-24-25(29)28-19-8-4-3-7-18(19)27-26(28)34-24/h3-12,15-16H,13-14H2,1-2H3/b24-16-. The first-order valence-corrected chi connectivity index (χ1v) is 11.5. The fraction of sp³-hybridized carbons (Fsp3) is 0.154. The molecular weight excluding hydrogens is 452 g/mol. The monoisotopic (exact) mass is 474 g/mol. The Morgan fingerprint density at radius 1 is 0.853 bits per heavy atom. The molecule has 5 rings (SSSR count). The Bertz CT molecular complexity index is 1570. The lowest BCUT2D eigenvalue weighted by Gasteiger charge is -2.13. The molecule has 0 fully saturated rings. The second-order valence-electron chi connectivity index (χ2n) is 7.39. The van der Waals surface area contributed by atoms with Crippen LogP contribution in [-0.4, -0.2) is 36.8 Å². The van der Waals surface area contributed by atoms with E-state index < -0.39 is 0 Å². The fourth-order valence-corrected chi connectivity index (χ4v) is 4.68. The molecule has 2 aromatic heterocycles. The average molecular weight is 475 g/mol. The number of rotatable bonds is 8. The van der Waals surface area contributed by atoms with Gasteiger partial charge in [0.25, 0.3) is 5.56 Å². The van der Waals surface area contributed by atoms with Crippen LogP contribution < -0.4 is 29.0 Å². The first-order valence-electron chi connectivity index (χ1n) is 10.7. The van der Waals surface area contributed by atoms with Gasteiger partial charge in [-0.25, -0.2) is 9.38 Å². The van der Waals surface area contributed by atoms with Crippen LogP contribution in [0.1, 0.15) is 5.56 Å². The van der Waals surface area contributed by atoms with Crippen molar-refractivity contribution in [1.29, 1.82) is 0 Å². The Hall–Kier alpha value is -4.04. The summed E-state index contributed by atoms with van der Waals surface area (Å²) in [4.78, 5) is 18.2. The maximum Gasteiger partial charge on any atom is 0.274 e.